The molecule has 2 aliphatic heterocycles. The molecule has 0 spiro atoms. The molecule has 4 aromatic rings. The van der Waals surface area contributed by atoms with Crippen molar-refractivity contribution in [1.29, 1.82) is 0 Å². The Bertz CT molecular complexity index is 1880. The summed E-state index contributed by atoms with van der Waals surface area (Å²) in [4.78, 5) is 53.3. The largest absolute Gasteiger partial charge is 0.459 e. The molecule has 0 aliphatic carbocycles. The van der Waals surface area contributed by atoms with E-state index in [-0.39, 0.29) is 22.3 Å². The number of hydrogen-bond donors (Lipinski definition) is 4. The van der Waals surface area contributed by atoms with Crippen LogP contribution >= 0.6 is 0 Å². The molecule has 4 N–H and O–H groups in total. The molecule has 4 aromatic carbocycles. The third-order valence-electron chi connectivity index (χ3n) is 8.87. The summed E-state index contributed by atoms with van der Waals surface area (Å²) in [5, 5.41) is 43.4. The lowest BCUT2D eigenvalue weighted by molar-refractivity contribution is -0.353. The predicted octanol–water partition coefficient (Wildman–Crippen LogP) is 2.06. The molecule has 55 heavy (non-hydrogen) atoms. The van der Waals surface area contributed by atoms with E-state index in [9.17, 15) is 39.6 Å². The van der Waals surface area contributed by atoms with Crippen molar-refractivity contribution in [2.75, 3.05) is 13.2 Å². The van der Waals surface area contributed by atoms with Gasteiger partial charge in [-0.3, -0.25) is 0 Å². The second-order valence-electron chi connectivity index (χ2n) is 12.5. The molecule has 288 valence electrons. The summed E-state index contributed by atoms with van der Waals surface area (Å²) in [6, 6.07) is 31.1. The molecule has 2 fully saturated rings. The van der Waals surface area contributed by atoms with Gasteiger partial charge >= 0.3 is 23.9 Å². The van der Waals surface area contributed by atoms with Crippen molar-refractivity contribution in [3.63, 3.8) is 0 Å². The highest BCUT2D eigenvalue weighted by molar-refractivity contribution is 5.91. The van der Waals surface area contributed by atoms with Crippen molar-refractivity contribution in [1.82, 2.24) is 0 Å². The fraction of sp³-hybridized carbons (Fsp3) is 0.300. The zero-order valence-electron chi connectivity index (χ0n) is 29.0. The summed E-state index contributed by atoms with van der Waals surface area (Å²) < 4.78 is 40.7. The summed E-state index contributed by atoms with van der Waals surface area (Å²) in [6.07, 6.45) is -17.6. The van der Waals surface area contributed by atoms with Crippen LogP contribution in [0, 0.1) is 0 Å². The van der Waals surface area contributed by atoms with Crippen LogP contribution in [0.15, 0.2) is 121 Å². The maximum atomic E-state index is 13.6. The van der Waals surface area contributed by atoms with Crippen molar-refractivity contribution in [3.8, 4) is 0 Å². The third-order valence-corrected chi connectivity index (χ3v) is 8.87. The molecule has 0 unspecified atom stereocenters. The average molecular weight is 759 g/mol. The van der Waals surface area contributed by atoms with Crippen molar-refractivity contribution >= 4 is 23.9 Å². The van der Waals surface area contributed by atoms with Crippen molar-refractivity contribution in [2.45, 2.75) is 61.4 Å². The maximum absolute atomic E-state index is 13.6. The molecule has 15 nitrogen and oxygen atoms in total. The molecule has 10 atom stereocenters. The molecule has 15 heteroatoms. The van der Waals surface area contributed by atoms with E-state index in [1.807, 2.05) is 0 Å². The van der Waals surface area contributed by atoms with Gasteiger partial charge in [0.1, 0.15) is 37.1 Å². The molecule has 0 aromatic heterocycles. The zero-order chi connectivity index (χ0) is 38.9. The van der Waals surface area contributed by atoms with E-state index in [0.717, 1.165) is 0 Å². The molecule has 2 saturated heterocycles. The van der Waals surface area contributed by atoms with Gasteiger partial charge in [0.15, 0.2) is 30.9 Å². The van der Waals surface area contributed by atoms with Gasteiger partial charge in [-0.25, -0.2) is 19.2 Å². The highest BCUT2D eigenvalue weighted by Gasteiger charge is 2.55. The molecule has 6 rings (SSSR count). The monoisotopic (exact) mass is 758 g/mol. The molecular weight excluding hydrogens is 720 g/mol. The van der Waals surface area contributed by atoms with Gasteiger partial charge in [-0.2, -0.15) is 0 Å². The van der Waals surface area contributed by atoms with E-state index >= 15 is 0 Å². The lowest BCUT2D eigenvalue weighted by atomic mass is 9.96. The van der Waals surface area contributed by atoms with Crippen LogP contribution in [0.5, 0.6) is 0 Å². The molecule has 2 aliphatic rings. The van der Waals surface area contributed by atoms with Crippen LogP contribution in [0.25, 0.3) is 0 Å². The van der Waals surface area contributed by atoms with E-state index in [0.29, 0.717) is 0 Å². The number of carbonyl (C=O) groups excluding carboxylic acids is 4. The van der Waals surface area contributed by atoms with E-state index in [1.54, 1.807) is 72.8 Å². The first-order valence-corrected chi connectivity index (χ1v) is 17.3. The fourth-order valence-electron chi connectivity index (χ4n) is 6.01. The number of carbonyl (C=O) groups is 4. The standard InChI is InChI=1S/C40H38O15/c41-21-27-29(42)30(43)32(52-36(45)24-15-7-2-8-16-24)40(51-27)55-31-28(22-49-35(44)23-13-5-1-6-14-23)50-39(48)34(54-38(47)26-19-11-4-12-20-26)33(31)53-37(46)25-17-9-3-10-18-25/h1-20,27-34,39-43,48H,21-22H2/t27-,28-,29+,30+,31-,32-,33+,34-,39+,40+/m1/s1. The van der Waals surface area contributed by atoms with Crippen molar-refractivity contribution in [3.05, 3.63) is 144 Å². The van der Waals surface area contributed by atoms with Gasteiger partial charge in [0.2, 0.25) is 0 Å². The molecule has 0 radical (unpaired) electrons. The summed E-state index contributed by atoms with van der Waals surface area (Å²) >= 11 is 0. The maximum Gasteiger partial charge on any atom is 0.338 e. The minimum atomic E-state index is -2.00. The highest BCUT2D eigenvalue weighted by atomic mass is 16.7. The molecule has 2 heterocycles. The highest BCUT2D eigenvalue weighted by Crippen LogP contribution is 2.34. The van der Waals surface area contributed by atoms with Crippen LogP contribution in [0.3, 0.4) is 0 Å². The van der Waals surface area contributed by atoms with Gasteiger partial charge in [-0.05, 0) is 48.5 Å². The van der Waals surface area contributed by atoms with E-state index in [4.69, 9.17) is 33.2 Å². The van der Waals surface area contributed by atoms with Crippen LogP contribution in [-0.2, 0) is 33.2 Å². The number of esters is 4. The number of rotatable bonds is 12. The summed E-state index contributed by atoms with van der Waals surface area (Å²) in [5.41, 5.74) is 0.379. The van der Waals surface area contributed by atoms with Crippen LogP contribution in [0.1, 0.15) is 41.4 Å². The Kier molecular flexibility index (Phi) is 13.0. The van der Waals surface area contributed by atoms with Crippen LogP contribution in [-0.4, -0.2) is 119 Å². The Hall–Kier alpha value is -5.52. The van der Waals surface area contributed by atoms with Gasteiger partial charge < -0.3 is 53.6 Å². The Morgan fingerprint density at radius 1 is 0.491 bits per heavy atom. The summed E-state index contributed by atoms with van der Waals surface area (Å²) in [7, 11) is 0. The third kappa shape index (κ3) is 9.41. The first-order chi connectivity index (χ1) is 26.6. The van der Waals surface area contributed by atoms with E-state index < -0.39 is 98.5 Å². The number of aliphatic hydroxyl groups is 4. The second kappa shape index (κ2) is 18.2. The fourth-order valence-corrected chi connectivity index (χ4v) is 6.01. The van der Waals surface area contributed by atoms with Crippen LogP contribution < -0.4 is 0 Å². The van der Waals surface area contributed by atoms with Gasteiger partial charge in [-0.15, -0.1) is 0 Å². The lowest BCUT2D eigenvalue weighted by Crippen LogP contribution is -2.66. The molecule has 0 saturated carbocycles. The summed E-state index contributed by atoms with van der Waals surface area (Å²) in [5.74, 6) is -3.63. The second-order valence-corrected chi connectivity index (χ2v) is 12.5. The van der Waals surface area contributed by atoms with Crippen LogP contribution in [0.4, 0.5) is 0 Å². The topological polar surface area (TPSA) is 214 Å². The number of hydrogen-bond acceptors (Lipinski definition) is 15. The first kappa shape index (κ1) is 39.2. The van der Waals surface area contributed by atoms with Gasteiger partial charge in [0.25, 0.3) is 0 Å². The number of ether oxygens (including phenoxy) is 7. The lowest BCUT2D eigenvalue weighted by Gasteiger charge is -2.47. The summed E-state index contributed by atoms with van der Waals surface area (Å²) in [6.45, 7) is -1.47. The minimum Gasteiger partial charge on any atom is -0.459 e. The van der Waals surface area contributed by atoms with E-state index in [2.05, 4.69) is 0 Å². The van der Waals surface area contributed by atoms with E-state index in [1.165, 1.54) is 48.5 Å². The number of benzene rings is 4. The molecule has 0 bridgehead atoms. The minimum absolute atomic E-state index is 0.0601. The zero-order valence-corrected chi connectivity index (χ0v) is 29.0. The Labute approximate surface area is 314 Å². The first-order valence-electron chi connectivity index (χ1n) is 17.3. The molecule has 0 amide bonds. The predicted molar refractivity (Wildman–Crippen MR) is 187 cm³/mol. The van der Waals surface area contributed by atoms with Gasteiger partial charge in [0, 0.05) is 0 Å². The van der Waals surface area contributed by atoms with Gasteiger partial charge in [0.05, 0.1) is 28.9 Å². The van der Waals surface area contributed by atoms with Gasteiger partial charge in [-0.1, -0.05) is 72.8 Å². The van der Waals surface area contributed by atoms with Crippen molar-refractivity contribution in [2.24, 2.45) is 0 Å². The quantitative estimate of drug-likeness (QED) is 0.120. The Balaban J connectivity index is 1.38. The smallest absolute Gasteiger partial charge is 0.338 e. The Morgan fingerprint density at radius 3 is 1.36 bits per heavy atom. The normalized spacial score (nSPS) is 27.6. The average Bonchev–Trinajstić information content (AvgIpc) is 3.22. The molecular formula is C40H38O15. The van der Waals surface area contributed by atoms with Crippen molar-refractivity contribution < 1.29 is 72.8 Å². The Morgan fingerprint density at radius 2 is 0.909 bits per heavy atom. The van der Waals surface area contributed by atoms with Crippen LogP contribution in [0.2, 0.25) is 0 Å². The SMILES string of the molecule is O=C(OC[C@H]1O[C@H](O)[C@H](OC(=O)c2ccccc2)[C@@H](OC(=O)c2ccccc2)[C@@H]1O[C@@H]1O[C@H](CO)[C@H](O)[C@H](O)[C@H]1OC(=O)c1ccccc1)c1ccccc1. The number of aliphatic hydroxyl groups excluding tert-OH is 4.